The van der Waals surface area contributed by atoms with Gasteiger partial charge in [-0.25, -0.2) is 0 Å². The first-order valence-corrected chi connectivity index (χ1v) is 3.68. The van der Waals surface area contributed by atoms with Crippen molar-refractivity contribution in [2.45, 2.75) is 18.8 Å². The minimum absolute atomic E-state index is 0.439. The van der Waals surface area contributed by atoms with Gasteiger partial charge in [0.1, 0.15) is 5.69 Å². The van der Waals surface area contributed by atoms with Crippen molar-refractivity contribution in [3.05, 3.63) is 23.5 Å². The van der Waals surface area contributed by atoms with E-state index in [-0.39, 0.29) is 0 Å². The Balaban J connectivity index is 2.33. The molecule has 0 saturated heterocycles. The summed E-state index contributed by atoms with van der Waals surface area (Å²) in [6.07, 6.45) is 4.93. The van der Waals surface area contributed by atoms with Gasteiger partial charge in [-0.3, -0.25) is 4.79 Å². The lowest BCUT2D eigenvalue weighted by atomic mass is 10.2. The van der Waals surface area contributed by atoms with Crippen molar-refractivity contribution >= 4 is 6.29 Å². The summed E-state index contributed by atoms with van der Waals surface area (Å²) in [4.78, 5) is 10.3. The first-order chi connectivity index (χ1) is 5.40. The Morgan fingerprint density at radius 2 is 2.36 bits per heavy atom. The van der Waals surface area contributed by atoms with Gasteiger partial charge in [-0.2, -0.15) is 5.10 Å². The van der Waals surface area contributed by atoms with Gasteiger partial charge in [0, 0.05) is 0 Å². The first-order valence-electron chi connectivity index (χ1n) is 3.68. The lowest BCUT2D eigenvalue weighted by molar-refractivity contribution is 0.111. The molecule has 56 valence electrons. The van der Waals surface area contributed by atoms with Crippen LogP contribution in [-0.4, -0.2) is 16.5 Å². The molecule has 1 saturated carbocycles. The highest BCUT2D eigenvalue weighted by Gasteiger charge is 2.23. The van der Waals surface area contributed by atoms with Crippen LogP contribution < -0.4 is 0 Å². The summed E-state index contributed by atoms with van der Waals surface area (Å²) in [5, 5.41) is 7.39. The van der Waals surface area contributed by atoms with Gasteiger partial charge in [0.15, 0.2) is 6.29 Å². The Hall–Kier alpha value is -1.25. The molecule has 0 unspecified atom stereocenters. The second-order valence-electron chi connectivity index (χ2n) is 2.81. The normalized spacial score (nSPS) is 16.4. The molecule has 0 bridgehead atoms. The predicted octanol–water partition coefficient (Wildman–Crippen LogP) is 1.17. The highest BCUT2D eigenvalue weighted by atomic mass is 16.1. The summed E-state index contributed by atoms with van der Waals surface area (Å²) in [6, 6.07) is 1.82. The van der Waals surface area contributed by atoms with E-state index in [2.05, 4.69) is 10.2 Å². The largest absolute Gasteiger partial charge is 0.296 e. The van der Waals surface area contributed by atoms with E-state index in [4.69, 9.17) is 0 Å². The lowest BCUT2D eigenvalue weighted by Gasteiger charge is -1.94. The van der Waals surface area contributed by atoms with Crippen LogP contribution in [0.3, 0.4) is 0 Å². The van der Waals surface area contributed by atoms with Crippen LogP contribution in [-0.2, 0) is 0 Å². The van der Waals surface area contributed by atoms with Crippen LogP contribution >= 0.6 is 0 Å². The number of hydrogen-bond acceptors (Lipinski definition) is 3. The molecule has 1 aliphatic rings. The standard InChI is InChI=1S/C8H8N2O/c11-5-8-3-7(4-9-10-8)6-1-2-6/h3-6H,1-2H2. The third kappa shape index (κ3) is 1.27. The second-order valence-corrected chi connectivity index (χ2v) is 2.81. The van der Waals surface area contributed by atoms with E-state index < -0.39 is 0 Å². The number of carbonyl (C=O) groups excluding carboxylic acids is 1. The van der Waals surface area contributed by atoms with Crippen LogP contribution in [0.4, 0.5) is 0 Å². The summed E-state index contributed by atoms with van der Waals surface area (Å²) in [5.74, 6) is 0.643. The van der Waals surface area contributed by atoms with Gasteiger partial charge < -0.3 is 0 Å². The van der Waals surface area contributed by atoms with Crippen LogP contribution in [0.25, 0.3) is 0 Å². The van der Waals surface area contributed by atoms with E-state index in [1.807, 2.05) is 6.07 Å². The molecule has 0 aromatic carbocycles. The van der Waals surface area contributed by atoms with Gasteiger partial charge in [0.2, 0.25) is 0 Å². The topological polar surface area (TPSA) is 42.9 Å². The van der Waals surface area contributed by atoms with Gasteiger partial charge >= 0.3 is 0 Å². The third-order valence-corrected chi connectivity index (χ3v) is 1.86. The molecule has 1 fully saturated rings. The summed E-state index contributed by atoms with van der Waals surface area (Å²) in [6.45, 7) is 0. The van der Waals surface area contributed by atoms with E-state index in [9.17, 15) is 4.79 Å². The Morgan fingerprint density at radius 1 is 1.55 bits per heavy atom. The van der Waals surface area contributed by atoms with Gasteiger partial charge in [-0.15, -0.1) is 5.10 Å². The SMILES string of the molecule is O=Cc1cc(C2CC2)cnn1. The highest BCUT2D eigenvalue weighted by Crippen LogP contribution is 2.39. The van der Waals surface area contributed by atoms with Crippen molar-refractivity contribution in [2.24, 2.45) is 0 Å². The van der Waals surface area contributed by atoms with Gasteiger partial charge in [0.25, 0.3) is 0 Å². The zero-order valence-electron chi connectivity index (χ0n) is 6.03. The molecule has 0 radical (unpaired) electrons. The highest BCUT2D eigenvalue weighted by molar-refractivity contribution is 5.71. The number of aldehydes is 1. The molecule has 1 aromatic rings. The maximum absolute atomic E-state index is 10.3. The molecule has 1 aromatic heterocycles. The summed E-state index contributed by atoms with van der Waals surface area (Å²) in [7, 11) is 0. The molecule has 11 heavy (non-hydrogen) atoms. The van der Waals surface area contributed by atoms with Crippen molar-refractivity contribution in [1.82, 2.24) is 10.2 Å². The van der Waals surface area contributed by atoms with Crippen LogP contribution in [0.1, 0.15) is 34.8 Å². The zero-order chi connectivity index (χ0) is 7.68. The second kappa shape index (κ2) is 2.42. The number of aromatic nitrogens is 2. The molecule has 0 N–H and O–H groups in total. The van der Waals surface area contributed by atoms with Crippen molar-refractivity contribution in [3.63, 3.8) is 0 Å². The fourth-order valence-electron chi connectivity index (χ4n) is 1.10. The molecule has 0 amide bonds. The maximum atomic E-state index is 10.3. The van der Waals surface area contributed by atoms with Gasteiger partial charge in [-0.1, -0.05) is 0 Å². The Labute approximate surface area is 64.5 Å². The molecular formula is C8H8N2O. The van der Waals surface area contributed by atoms with Crippen LogP contribution in [0.2, 0.25) is 0 Å². The quantitative estimate of drug-likeness (QED) is 0.591. The fourth-order valence-corrected chi connectivity index (χ4v) is 1.10. The lowest BCUT2D eigenvalue weighted by Crippen LogP contribution is -1.92. The smallest absolute Gasteiger partial charge is 0.170 e. The van der Waals surface area contributed by atoms with Crippen molar-refractivity contribution < 1.29 is 4.79 Å². The van der Waals surface area contributed by atoms with Crippen LogP contribution in [0.15, 0.2) is 12.3 Å². The number of nitrogens with zero attached hydrogens (tertiary/aromatic N) is 2. The minimum Gasteiger partial charge on any atom is -0.296 e. The van der Waals surface area contributed by atoms with E-state index in [0.29, 0.717) is 11.6 Å². The Morgan fingerprint density at radius 3 is 3.00 bits per heavy atom. The van der Waals surface area contributed by atoms with E-state index >= 15 is 0 Å². The van der Waals surface area contributed by atoms with E-state index in [1.165, 1.54) is 12.8 Å². The average Bonchev–Trinajstić information content (AvgIpc) is 2.87. The molecule has 0 aliphatic heterocycles. The molecule has 0 atom stereocenters. The molecular weight excluding hydrogens is 140 g/mol. The maximum Gasteiger partial charge on any atom is 0.170 e. The molecule has 3 nitrogen and oxygen atoms in total. The number of carbonyl (C=O) groups is 1. The summed E-state index contributed by atoms with van der Waals surface area (Å²) >= 11 is 0. The van der Waals surface area contributed by atoms with Crippen molar-refractivity contribution in [1.29, 1.82) is 0 Å². The zero-order valence-corrected chi connectivity index (χ0v) is 6.03. The third-order valence-electron chi connectivity index (χ3n) is 1.86. The van der Waals surface area contributed by atoms with E-state index in [0.717, 1.165) is 11.8 Å². The van der Waals surface area contributed by atoms with Crippen molar-refractivity contribution in [2.75, 3.05) is 0 Å². The molecule has 2 rings (SSSR count). The number of hydrogen-bond donors (Lipinski definition) is 0. The van der Waals surface area contributed by atoms with Crippen LogP contribution in [0, 0.1) is 0 Å². The monoisotopic (exact) mass is 148 g/mol. The fraction of sp³-hybridized carbons (Fsp3) is 0.375. The van der Waals surface area contributed by atoms with Crippen LogP contribution in [0.5, 0.6) is 0 Å². The average molecular weight is 148 g/mol. The predicted molar refractivity (Wildman–Crippen MR) is 39.4 cm³/mol. The molecule has 3 heteroatoms. The first kappa shape index (κ1) is 6.46. The van der Waals surface area contributed by atoms with Gasteiger partial charge in [0.05, 0.1) is 6.20 Å². The molecule has 1 heterocycles. The molecule has 1 aliphatic carbocycles. The number of rotatable bonds is 2. The molecule has 0 spiro atoms. The summed E-state index contributed by atoms with van der Waals surface area (Å²) in [5.41, 5.74) is 1.59. The van der Waals surface area contributed by atoms with Gasteiger partial charge in [-0.05, 0) is 30.4 Å². The minimum atomic E-state index is 0.439. The Kier molecular flexibility index (Phi) is 1.42. The Bertz CT molecular complexity index is 281. The summed E-state index contributed by atoms with van der Waals surface area (Å²) < 4.78 is 0. The van der Waals surface area contributed by atoms with E-state index in [1.54, 1.807) is 6.20 Å². The van der Waals surface area contributed by atoms with Crippen molar-refractivity contribution in [3.8, 4) is 0 Å².